The maximum absolute atomic E-state index is 10.7. The first kappa shape index (κ1) is 16.2. The molecule has 0 radical (unpaired) electrons. The van der Waals surface area contributed by atoms with E-state index in [4.69, 9.17) is 23.2 Å². The summed E-state index contributed by atoms with van der Waals surface area (Å²) in [7, 11) is 0. The molecule has 0 unspecified atom stereocenters. The lowest BCUT2D eigenvalue weighted by Gasteiger charge is -2.36. The van der Waals surface area contributed by atoms with Crippen molar-refractivity contribution < 1.29 is 5.11 Å². The van der Waals surface area contributed by atoms with E-state index in [9.17, 15) is 5.11 Å². The van der Waals surface area contributed by atoms with Gasteiger partial charge < -0.3 is 10.0 Å². The van der Waals surface area contributed by atoms with Crippen LogP contribution < -0.4 is 4.90 Å². The van der Waals surface area contributed by atoms with Gasteiger partial charge in [0, 0.05) is 47.2 Å². The first-order chi connectivity index (χ1) is 11.0. The molecule has 2 aromatic rings. The lowest BCUT2D eigenvalue weighted by Crippen LogP contribution is -2.43. The van der Waals surface area contributed by atoms with Crippen LogP contribution in [-0.4, -0.2) is 23.8 Å². The number of anilines is 1. The molecular formula is C19H17Cl2NO. The summed E-state index contributed by atoms with van der Waals surface area (Å²) in [6, 6.07) is 15.2. The number of aliphatic hydroxyl groups is 1. The Labute approximate surface area is 146 Å². The summed E-state index contributed by atoms with van der Waals surface area (Å²) in [5, 5.41) is 12.0. The molecule has 2 nitrogen and oxygen atoms in total. The van der Waals surface area contributed by atoms with Crippen molar-refractivity contribution in [2.75, 3.05) is 18.0 Å². The Morgan fingerprint density at radius 3 is 2.26 bits per heavy atom. The molecule has 0 saturated carbocycles. The van der Waals surface area contributed by atoms with Crippen LogP contribution in [-0.2, 0) is 0 Å². The first-order valence-electron chi connectivity index (χ1n) is 7.56. The maximum atomic E-state index is 10.7. The second-order valence-electron chi connectivity index (χ2n) is 5.76. The number of piperidine rings is 1. The predicted molar refractivity (Wildman–Crippen MR) is 96.2 cm³/mol. The van der Waals surface area contributed by atoms with Crippen molar-refractivity contribution in [1.82, 2.24) is 0 Å². The molecular weight excluding hydrogens is 329 g/mol. The van der Waals surface area contributed by atoms with E-state index in [1.54, 1.807) is 6.07 Å². The van der Waals surface area contributed by atoms with Crippen LogP contribution in [0.15, 0.2) is 48.5 Å². The Kier molecular flexibility index (Phi) is 4.82. The Hall–Kier alpha value is -1.66. The van der Waals surface area contributed by atoms with Gasteiger partial charge in [0.05, 0.1) is 0 Å². The minimum absolute atomic E-state index is 0.604. The quantitative estimate of drug-likeness (QED) is 0.775. The molecule has 4 heteroatoms. The van der Waals surface area contributed by atoms with E-state index in [-0.39, 0.29) is 0 Å². The Morgan fingerprint density at radius 2 is 1.61 bits per heavy atom. The molecule has 0 spiro atoms. The molecule has 118 valence electrons. The van der Waals surface area contributed by atoms with Gasteiger partial charge in [-0.3, -0.25) is 0 Å². The van der Waals surface area contributed by atoms with E-state index >= 15 is 0 Å². The van der Waals surface area contributed by atoms with Crippen LogP contribution in [0, 0.1) is 11.8 Å². The van der Waals surface area contributed by atoms with E-state index in [2.05, 4.69) is 16.7 Å². The van der Waals surface area contributed by atoms with Crippen molar-refractivity contribution >= 4 is 28.9 Å². The fraction of sp³-hybridized carbons (Fsp3) is 0.263. The van der Waals surface area contributed by atoms with Gasteiger partial charge in [0.2, 0.25) is 0 Å². The summed E-state index contributed by atoms with van der Waals surface area (Å²) < 4.78 is 0. The van der Waals surface area contributed by atoms with Gasteiger partial charge in [0.1, 0.15) is 5.60 Å². The topological polar surface area (TPSA) is 23.5 Å². The van der Waals surface area contributed by atoms with E-state index in [0.717, 1.165) is 29.4 Å². The molecule has 23 heavy (non-hydrogen) atoms. The Morgan fingerprint density at radius 1 is 0.957 bits per heavy atom. The molecule has 0 bridgehead atoms. The molecule has 1 fully saturated rings. The van der Waals surface area contributed by atoms with Crippen LogP contribution in [0.3, 0.4) is 0 Å². The average molecular weight is 346 g/mol. The highest BCUT2D eigenvalue weighted by atomic mass is 35.5. The lowest BCUT2D eigenvalue weighted by molar-refractivity contribution is 0.0746. The summed E-state index contributed by atoms with van der Waals surface area (Å²) in [6.45, 7) is 1.50. The first-order valence-corrected chi connectivity index (χ1v) is 8.31. The predicted octanol–water partition coefficient (Wildman–Crippen LogP) is 4.38. The van der Waals surface area contributed by atoms with Crippen molar-refractivity contribution in [2.45, 2.75) is 18.4 Å². The van der Waals surface area contributed by atoms with Gasteiger partial charge in [-0.1, -0.05) is 47.2 Å². The minimum Gasteiger partial charge on any atom is -0.377 e. The largest absolute Gasteiger partial charge is 0.377 e. The van der Waals surface area contributed by atoms with Crippen LogP contribution in [0.2, 0.25) is 10.0 Å². The molecule has 1 aliphatic heterocycles. The zero-order valence-corrected chi connectivity index (χ0v) is 14.1. The number of hydrogen-bond donors (Lipinski definition) is 1. The van der Waals surface area contributed by atoms with Crippen molar-refractivity contribution in [3.8, 4) is 11.8 Å². The van der Waals surface area contributed by atoms with Gasteiger partial charge in [0.25, 0.3) is 0 Å². The third kappa shape index (κ3) is 4.20. The number of hydrogen-bond acceptors (Lipinski definition) is 2. The summed E-state index contributed by atoms with van der Waals surface area (Å²) in [5.74, 6) is 6.05. The monoisotopic (exact) mass is 345 g/mol. The highest BCUT2D eigenvalue weighted by Gasteiger charge is 2.30. The molecule has 0 aromatic heterocycles. The van der Waals surface area contributed by atoms with Gasteiger partial charge in [-0.05, 0) is 36.4 Å². The summed E-state index contributed by atoms with van der Waals surface area (Å²) in [5.41, 5.74) is 0.961. The number of nitrogens with zero attached hydrogens (tertiary/aromatic N) is 1. The van der Waals surface area contributed by atoms with Gasteiger partial charge in [-0.25, -0.2) is 0 Å². The second-order valence-corrected chi connectivity index (χ2v) is 6.63. The van der Waals surface area contributed by atoms with E-state index < -0.39 is 5.60 Å². The minimum atomic E-state index is -0.947. The maximum Gasteiger partial charge on any atom is 0.129 e. The van der Waals surface area contributed by atoms with E-state index in [1.165, 1.54) is 0 Å². The summed E-state index contributed by atoms with van der Waals surface area (Å²) >= 11 is 12.0. The molecule has 0 aliphatic carbocycles. The lowest BCUT2D eigenvalue weighted by atomic mass is 9.91. The fourth-order valence-electron chi connectivity index (χ4n) is 2.69. The van der Waals surface area contributed by atoms with Crippen LogP contribution in [0.1, 0.15) is 18.4 Å². The molecule has 1 aliphatic rings. The smallest absolute Gasteiger partial charge is 0.129 e. The molecule has 1 heterocycles. The number of rotatable bonds is 1. The van der Waals surface area contributed by atoms with Crippen molar-refractivity contribution in [1.29, 1.82) is 0 Å². The number of benzene rings is 2. The zero-order chi connectivity index (χ0) is 16.3. The summed E-state index contributed by atoms with van der Waals surface area (Å²) in [6.07, 6.45) is 1.21. The molecule has 3 rings (SSSR count). The third-order valence-corrected chi connectivity index (χ3v) is 4.50. The van der Waals surface area contributed by atoms with Crippen molar-refractivity contribution in [2.24, 2.45) is 0 Å². The zero-order valence-electron chi connectivity index (χ0n) is 12.6. The molecule has 0 atom stereocenters. The van der Waals surface area contributed by atoms with Gasteiger partial charge in [0.15, 0.2) is 0 Å². The summed E-state index contributed by atoms with van der Waals surface area (Å²) in [4.78, 5) is 2.22. The van der Waals surface area contributed by atoms with Gasteiger partial charge in [-0.15, -0.1) is 0 Å². The molecule has 1 N–H and O–H groups in total. The molecule has 2 aromatic carbocycles. The van der Waals surface area contributed by atoms with Crippen LogP contribution in [0.25, 0.3) is 0 Å². The van der Waals surface area contributed by atoms with Gasteiger partial charge in [-0.2, -0.15) is 0 Å². The Bertz CT molecular complexity index is 755. The fourth-order valence-corrected chi connectivity index (χ4v) is 3.06. The van der Waals surface area contributed by atoms with Gasteiger partial charge >= 0.3 is 0 Å². The SMILES string of the molecule is OC1(C#Cc2cccc(Cl)c2)CCN(c2cccc(Cl)c2)CC1. The van der Waals surface area contributed by atoms with Crippen LogP contribution in [0.4, 0.5) is 5.69 Å². The van der Waals surface area contributed by atoms with Crippen molar-refractivity contribution in [3.63, 3.8) is 0 Å². The number of halogens is 2. The standard InChI is InChI=1S/C19H17Cl2NO/c20-16-4-1-3-15(13-16)7-8-19(23)9-11-22(12-10-19)18-6-2-5-17(21)14-18/h1-6,13-14,23H,9-12H2. The highest BCUT2D eigenvalue weighted by Crippen LogP contribution is 2.27. The second kappa shape index (κ2) is 6.84. The average Bonchev–Trinajstić information content (AvgIpc) is 2.54. The molecule has 0 amide bonds. The highest BCUT2D eigenvalue weighted by molar-refractivity contribution is 6.31. The molecule has 1 saturated heterocycles. The van der Waals surface area contributed by atoms with E-state index in [1.807, 2.05) is 42.5 Å². The third-order valence-electron chi connectivity index (χ3n) is 4.03. The van der Waals surface area contributed by atoms with Crippen LogP contribution >= 0.6 is 23.2 Å². The Balaban J connectivity index is 1.68. The van der Waals surface area contributed by atoms with Crippen LogP contribution in [0.5, 0.6) is 0 Å². The van der Waals surface area contributed by atoms with Crippen molar-refractivity contribution in [3.05, 3.63) is 64.1 Å². The van der Waals surface area contributed by atoms with E-state index in [0.29, 0.717) is 17.9 Å². The normalized spacial score (nSPS) is 16.6.